The number of rotatable bonds is 5. The number of ether oxygens (including phenoxy) is 1. The standard InChI is InChI=1S/C20H27NO3/c1-19(2)14-17(15-20(3,4)21(19)23)10-11-18(22)24-13-12-16-8-6-5-7-9-16/h5-11,14,23H,12-13,15H2,1-4H3/b11-10+. The van der Waals surface area contributed by atoms with Gasteiger partial charge in [0, 0.05) is 18.0 Å². The summed E-state index contributed by atoms with van der Waals surface area (Å²) in [6.45, 7) is 8.22. The summed E-state index contributed by atoms with van der Waals surface area (Å²) in [6, 6.07) is 9.94. The van der Waals surface area contributed by atoms with Crippen LogP contribution in [0, 0.1) is 0 Å². The molecule has 1 aliphatic heterocycles. The van der Waals surface area contributed by atoms with Crippen molar-refractivity contribution in [1.29, 1.82) is 0 Å². The normalized spacial score (nSPS) is 20.0. The van der Waals surface area contributed by atoms with Crippen molar-refractivity contribution in [2.75, 3.05) is 6.61 Å². The van der Waals surface area contributed by atoms with Gasteiger partial charge in [0.1, 0.15) is 0 Å². The third-order valence-electron chi connectivity index (χ3n) is 4.21. The van der Waals surface area contributed by atoms with Crippen molar-refractivity contribution in [2.24, 2.45) is 0 Å². The molecule has 0 bridgehead atoms. The molecule has 1 aromatic carbocycles. The molecule has 0 amide bonds. The van der Waals surface area contributed by atoms with Gasteiger partial charge < -0.3 is 9.94 Å². The minimum atomic E-state index is -0.474. The maximum Gasteiger partial charge on any atom is 0.330 e. The largest absolute Gasteiger partial charge is 0.462 e. The smallest absolute Gasteiger partial charge is 0.330 e. The SMILES string of the molecule is CC1(C)C=C(/C=C/C(=O)OCCc2ccccc2)CC(C)(C)N1O. The van der Waals surface area contributed by atoms with Gasteiger partial charge in [0.15, 0.2) is 0 Å². The Morgan fingerprint density at radius 1 is 1.25 bits per heavy atom. The topological polar surface area (TPSA) is 49.8 Å². The van der Waals surface area contributed by atoms with Crippen LogP contribution >= 0.6 is 0 Å². The Morgan fingerprint density at radius 2 is 1.92 bits per heavy atom. The molecule has 0 unspecified atom stereocenters. The summed E-state index contributed by atoms with van der Waals surface area (Å²) in [7, 11) is 0. The molecule has 4 nitrogen and oxygen atoms in total. The first-order valence-electron chi connectivity index (χ1n) is 8.30. The van der Waals surface area contributed by atoms with Crippen molar-refractivity contribution in [2.45, 2.75) is 51.6 Å². The van der Waals surface area contributed by atoms with Gasteiger partial charge in [-0.25, -0.2) is 4.79 Å². The van der Waals surface area contributed by atoms with E-state index in [4.69, 9.17) is 4.74 Å². The van der Waals surface area contributed by atoms with E-state index in [9.17, 15) is 10.0 Å². The number of nitrogens with zero attached hydrogens (tertiary/aromatic N) is 1. The van der Waals surface area contributed by atoms with Crippen molar-refractivity contribution in [3.05, 3.63) is 59.7 Å². The first-order valence-corrected chi connectivity index (χ1v) is 8.30. The van der Waals surface area contributed by atoms with Crippen LogP contribution < -0.4 is 0 Å². The van der Waals surface area contributed by atoms with Crippen LogP contribution in [0.5, 0.6) is 0 Å². The zero-order chi connectivity index (χ0) is 17.8. The third-order valence-corrected chi connectivity index (χ3v) is 4.21. The molecular formula is C20H27NO3. The van der Waals surface area contributed by atoms with Crippen LogP contribution in [0.4, 0.5) is 0 Å². The lowest BCUT2D eigenvalue weighted by Gasteiger charge is -2.46. The highest BCUT2D eigenvalue weighted by Gasteiger charge is 2.39. The van der Waals surface area contributed by atoms with Gasteiger partial charge in [-0.1, -0.05) is 42.5 Å². The van der Waals surface area contributed by atoms with E-state index < -0.39 is 5.54 Å². The Balaban J connectivity index is 1.89. The molecule has 4 heteroatoms. The number of carbonyl (C=O) groups is 1. The summed E-state index contributed by atoms with van der Waals surface area (Å²) < 4.78 is 5.25. The van der Waals surface area contributed by atoms with Crippen LogP contribution in [0.15, 0.2) is 54.1 Å². The van der Waals surface area contributed by atoms with Gasteiger partial charge in [-0.3, -0.25) is 0 Å². The summed E-state index contributed by atoms with van der Waals surface area (Å²) in [5, 5.41) is 11.6. The van der Waals surface area contributed by atoms with Gasteiger partial charge in [-0.15, -0.1) is 0 Å². The fraction of sp³-hybridized carbons (Fsp3) is 0.450. The third kappa shape index (κ3) is 4.79. The molecule has 0 aliphatic carbocycles. The predicted octanol–water partition coefficient (Wildman–Crippen LogP) is 3.91. The lowest BCUT2D eigenvalue weighted by Crippen LogP contribution is -2.55. The van der Waals surface area contributed by atoms with Crippen LogP contribution in [0.1, 0.15) is 39.7 Å². The monoisotopic (exact) mass is 329 g/mol. The average molecular weight is 329 g/mol. The second-order valence-electron chi connectivity index (χ2n) is 7.41. The Hall–Kier alpha value is -1.91. The summed E-state index contributed by atoms with van der Waals surface area (Å²) in [5.41, 5.74) is 1.32. The lowest BCUT2D eigenvalue weighted by atomic mass is 9.83. The molecular weight excluding hydrogens is 302 g/mol. The number of allylic oxidation sites excluding steroid dienone is 1. The molecule has 0 saturated heterocycles. The fourth-order valence-corrected chi connectivity index (χ4v) is 3.16. The molecule has 0 radical (unpaired) electrons. The van der Waals surface area contributed by atoms with Gasteiger partial charge in [-0.05, 0) is 45.3 Å². The van der Waals surface area contributed by atoms with Crippen LogP contribution in [0.3, 0.4) is 0 Å². The Labute approximate surface area is 144 Å². The molecule has 0 aromatic heterocycles. The molecule has 1 N–H and O–H groups in total. The van der Waals surface area contributed by atoms with E-state index in [0.717, 1.165) is 11.1 Å². The van der Waals surface area contributed by atoms with Crippen LogP contribution in [-0.4, -0.2) is 33.9 Å². The highest BCUT2D eigenvalue weighted by atomic mass is 16.5. The molecule has 1 aliphatic rings. The predicted molar refractivity (Wildman–Crippen MR) is 94.7 cm³/mol. The van der Waals surface area contributed by atoms with Gasteiger partial charge in [0.05, 0.1) is 12.1 Å². The maximum absolute atomic E-state index is 11.9. The molecule has 0 fully saturated rings. The number of hydrogen-bond donors (Lipinski definition) is 1. The molecule has 0 atom stereocenters. The summed E-state index contributed by atoms with van der Waals surface area (Å²) in [5.74, 6) is -0.339. The van der Waals surface area contributed by atoms with E-state index in [1.165, 1.54) is 11.1 Å². The van der Waals surface area contributed by atoms with E-state index in [2.05, 4.69) is 0 Å². The van der Waals surface area contributed by atoms with Crippen molar-refractivity contribution in [3.63, 3.8) is 0 Å². The maximum atomic E-state index is 11.9. The fourth-order valence-electron chi connectivity index (χ4n) is 3.16. The highest BCUT2D eigenvalue weighted by molar-refractivity contribution is 5.82. The molecule has 0 saturated carbocycles. The highest BCUT2D eigenvalue weighted by Crippen LogP contribution is 2.35. The zero-order valence-corrected chi connectivity index (χ0v) is 15.0. The number of hydrogen-bond acceptors (Lipinski definition) is 4. The number of benzene rings is 1. The molecule has 24 heavy (non-hydrogen) atoms. The first-order chi connectivity index (χ1) is 11.2. The van der Waals surface area contributed by atoms with Crippen LogP contribution in [0.25, 0.3) is 0 Å². The molecule has 1 aromatic rings. The van der Waals surface area contributed by atoms with E-state index >= 15 is 0 Å². The van der Waals surface area contributed by atoms with Crippen LogP contribution in [0.2, 0.25) is 0 Å². The van der Waals surface area contributed by atoms with Gasteiger partial charge in [0.2, 0.25) is 0 Å². The van der Waals surface area contributed by atoms with Gasteiger partial charge in [-0.2, -0.15) is 5.06 Å². The molecule has 130 valence electrons. The molecule has 1 heterocycles. The Kier molecular flexibility index (Phi) is 5.62. The second-order valence-corrected chi connectivity index (χ2v) is 7.41. The quantitative estimate of drug-likeness (QED) is 0.657. The van der Waals surface area contributed by atoms with Crippen LogP contribution in [-0.2, 0) is 16.0 Å². The van der Waals surface area contributed by atoms with E-state index in [-0.39, 0.29) is 11.5 Å². The second kappa shape index (κ2) is 7.32. The van der Waals surface area contributed by atoms with E-state index in [1.54, 1.807) is 6.08 Å². The average Bonchev–Trinajstić information content (AvgIpc) is 2.51. The molecule has 2 rings (SSSR count). The minimum absolute atomic E-state index is 0.339. The first kappa shape index (κ1) is 18.4. The summed E-state index contributed by atoms with van der Waals surface area (Å²) in [6.07, 6.45) is 6.62. The van der Waals surface area contributed by atoms with Crippen molar-refractivity contribution < 1.29 is 14.7 Å². The number of carbonyl (C=O) groups excluding carboxylic acids is 1. The Morgan fingerprint density at radius 3 is 2.54 bits per heavy atom. The lowest BCUT2D eigenvalue weighted by molar-refractivity contribution is -0.213. The summed E-state index contributed by atoms with van der Waals surface area (Å²) in [4.78, 5) is 11.9. The van der Waals surface area contributed by atoms with Gasteiger partial charge in [0.25, 0.3) is 0 Å². The summed E-state index contributed by atoms with van der Waals surface area (Å²) >= 11 is 0. The number of hydroxylamine groups is 2. The molecule has 0 spiro atoms. The number of esters is 1. The van der Waals surface area contributed by atoms with Crippen molar-refractivity contribution in [1.82, 2.24) is 5.06 Å². The van der Waals surface area contributed by atoms with E-state index in [1.807, 2.05) is 64.1 Å². The zero-order valence-electron chi connectivity index (χ0n) is 15.0. The van der Waals surface area contributed by atoms with Crippen molar-refractivity contribution in [3.8, 4) is 0 Å². The minimum Gasteiger partial charge on any atom is -0.462 e. The van der Waals surface area contributed by atoms with Crippen molar-refractivity contribution >= 4 is 5.97 Å². The Bertz CT molecular complexity index is 630. The van der Waals surface area contributed by atoms with Gasteiger partial charge >= 0.3 is 5.97 Å². The van der Waals surface area contributed by atoms with E-state index in [0.29, 0.717) is 19.4 Å².